The van der Waals surface area contributed by atoms with Crippen molar-refractivity contribution < 1.29 is 9.84 Å². The summed E-state index contributed by atoms with van der Waals surface area (Å²) in [5.74, 6) is 0.789. The Bertz CT molecular complexity index is 644. The van der Waals surface area contributed by atoms with Crippen LogP contribution in [-0.4, -0.2) is 18.3 Å². The molecular weight excluding hydrogens is 330 g/mol. The van der Waals surface area contributed by atoms with Crippen LogP contribution in [0, 0.1) is 0 Å². The molecule has 0 bridgehead atoms. The summed E-state index contributed by atoms with van der Waals surface area (Å²) in [5.41, 5.74) is 9.01. The van der Waals surface area contributed by atoms with Crippen LogP contribution in [0.5, 0.6) is 5.75 Å². The van der Waals surface area contributed by atoms with Gasteiger partial charge in [-0.05, 0) is 34.9 Å². The number of rotatable bonds is 4. The lowest BCUT2D eigenvalue weighted by molar-refractivity contribution is 0.147. The molecule has 1 aliphatic rings. The first-order valence-electron chi connectivity index (χ1n) is 7.09. The standard InChI is InChI=1S/C17H18BrNO2/c18-15-4-2-1-3-13(15)14(10-19)17(20)12-5-6-16-11(9-12)7-8-21-16/h1-6,9,14,17,20H,7-8,10,19H2. The maximum Gasteiger partial charge on any atom is 0.122 e. The highest BCUT2D eigenvalue weighted by molar-refractivity contribution is 9.10. The number of fused-ring (bicyclic) bond motifs is 1. The van der Waals surface area contributed by atoms with Crippen LogP contribution in [-0.2, 0) is 6.42 Å². The van der Waals surface area contributed by atoms with E-state index in [9.17, 15) is 5.11 Å². The highest BCUT2D eigenvalue weighted by Gasteiger charge is 2.24. The van der Waals surface area contributed by atoms with E-state index in [0.717, 1.165) is 39.9 Å². The molecule has 0 spiro atoms. The predicted octanol–water partition coefficient (Wildman–Crippen LogP) is 3.16. The van der Waals surface area contributed by atoms with Gasteiger partial charge in [-0.25, -0.2) is 0 Å². The first kappa shape index (κ1) is 14.6. The van der Waals surface area contributed by atoms with Gasteiger partial charge in [0.1, 0.15) is 5.75 Å². The number of aliphatic hydroxyl groups excluding tert-OH is 1. The Morgan fingerprint density at radius 1 is 1.24 bits per heavy atom. The van der Waals surface area contributed by atoms with E-state index in [1.807, 2.05) is 42.5 Å². The van der Waals surface area contributed by atoms with Crippen LogP contribution in [0.25, 0.3) is 0 Å². The van der Waals surface area contributed by atoms with E-state index in [-0.39, 0.29) is 5.92 Å². The highest BCUT2D eigenvalue weighted by atomic mass is 79.9. The van der Waals surface area contributed by atoms with Gasteiger partial charge in [0, 0.05) is 23.4 Å². The van der Waals surface area contributed by atoms with E-state index < -0.39 is 6.10 Å². The van der Waals surface area contributed by atoms with Crippen molar-refractivity contribution in [2.45, 2.75) is 18.4 Å². The van der Waals surface area contributed by atoms with E-state index in [2.05, 4.69) is 15.9 Å². The van der Waals surface area contributed by atoms with Crippen LogP contribution in [0.2, 0.25) is 0 Å². The molecule has 0 amide bonds. The minimum absolute atomic E-state index is 0.138. The third-order valence-corrected chi connectivity index (χ3v) is 4.72. The van der Waals surface area contributed by atoms with Crippen molar-refractivity contribution in [3.63, 3.8) is 0 Å². The number of ether oxygens (including phenoxy) is 1. The van der Waals surface area contributed by atoms with Gasteiger partial charge in [0.05, 0.1) is 12.7 Å². The first-order chi connectivity index (χ1) is 10.2. The molecule has 0 saturated heterocycles. The third-order valence-electron chi connectivity index (χ3n) is 3.99. The second kappa shape index (κ2) is 6.18. The minimum Gasteiger partial charge on any atom is -0.493 e. The van der Waals surface area contributed by atoms with Crippen molar-refractivity contribution in [2.24, 2.45) is 5.73 Å². The minimum atomic E-state index is -0.625. The Morgan fingerprint density at radius 2 is 2.05 bits per heavy atom. The van der Waals surface area contributed by atoms with Crippen LogP contribution in [0.3, 0.4) is 0 Å². The zero-order valence-electron chi connectivity index (χ0n) is 11.6. The van der Waals surface area contributed by atoms with E-state index in [1.54, 1.807) is 0 Å². The molecule has 1 heterocycles. The van der Waals surface area contributed by atoms with Crippen molar-refractivity contribution >= 4 is 15.9 Å². The van der Waals surface area contributed by atoms with Gasteiger partial charge in [0.15, 0.2) is 0 Å². The fraction of sp³-hybridized carbons (Fsp3) is 0.294. The van der Waals surface area contributed by atoms with E-state index >= 15 is 0 Å². The first-order valence-corrected chi connectivity index (χ1v) is 7.88. The fourth-order valence-corrected chi connectivity index (χ4v) is 3.40. The molecule has 2 unspecified atom stereocenters. The lowest BCUT2D eigenvalue weighted by Gasteiger charge is -2.23. The lowest BCUT2D eigenvalue weighted by atomic mass is 9.88. The number of hydrogen-bond acceptors (Lipinski definition) is 3. The van der Waals surface area contributed by atoms with Crippen molar-refractivity contribution in [1.29, 1.82) is 0 Å². The molecule has 2 aromatic rings. The molecule has 1 aliphatic heterocycles. The molecule has 3 nitrogen and oxygen atoms in total. The second-order valence-corrected chi connectivity index (χ2v) is 6.13. The van der Waals surface area contributed by atoms with Gasteiger partial charge >= 0.3 is 0 Å². The number of aliphatic hydroxyl groups is 1. The van der Waals surface area contributed by atoms with E-state index in [0.29, 0.717) is 6.54 Å². The Morgan fingerprint density at radius 3 is 2.81 bits per heavy atom. The summed E-state index contributed by atoms with van der Waals surface area (Å²) >= 11 is 3.54. The zero-order valence-corrected chi connectivity index (χ0v) is 13.2. The van der Waals surface area contributed by atoms with Crippen molar-refractivity contribution in [2.75, 3.05) is 13.2 Å². The molecule has 0 fully saturated rings. The normalized spacial score (nSPS) is 16.1. The van der Waals surface area contributed by atoms with Gasteiger partial charge < -0.3 is 15.6 Å². The predicted molar refractivity (Wildman–Crippen MR) is 86.5 cm³/mol. The molecular formula is C17H18BrNO2. The molecule has 21 heavy (non-hydrogen) atoms. The molecule has 0 radical (unpaired) electrons. The van der Waals surface area contributed by atoms with Gasteiger partial charge in [-0.1, -0.05) is 40.2 Å². The van der Waals surface area contributed by atoms with Crippen molar-refractivity contribution in [3.05, 3.63) is 63.6 Å². The highest BCUT2D eigenvalue weighted by Crippen LogP contribution is 2.36. The molecule has 3 rings (SSSR count). The second-order valence-electron chi connectivity index (χ2n) is 5.27. The van der Waals surface area contributed by atoms with Crippen molar-refractivity contribution in [3.8, 4) is 5.75 Å². The summed E-state index contributed by atoms with van der Waals surface area (Å²) in [7, 11) is 0. The topological polar surface area (TPSA) is 55.5 Å². The van der Waals surface area contributed by atoms with Crippen LogP contribution in [0.1, 0.15) is 28.7 Å². The average molecular weight is 348 g/mol. The Hall–Kier alpha value is -1.36. The molecule has 4 heteroatoms. The van der Waals surface area contributed by atoms with Crippen LogP contribution >= 0.6 is 15.9 Å². The number of hydrogen-bond donors (Lipinski definition) is 2. The molecule has 3 N–H and O–H groups in total. The SMILES string of the molecule is NCC(c1ccccc1Br)C(O)c1ccc2c(c1)CCO2. The van der Waals surface area contributed by atoms with E-state index in [4.69, 9.17) is 10.5 Å². The smallest absolute Gasteiger partial charge is 0.122 e. The third kappa shape index (κ3) is 2.84. The summed E-state index contributed by atoms with van der Waals surface area (Å²) in [6.45, 7) is 1.11. The summed E-state index contributed by atoms with van der Waals surface area (Å²) in [6.07, 6.45) is 0.276. The lowest BCUT2D eigenvalue weighted by Crippen LogP contribution is -2.20. The fourth-order valence-electron chi connectivity index (χ4n) is 2.82. The zero-order chi connectivity index (χ0) is 14.8. The Labute approximate surface area is 132 Å². The van der Waals surface area contributed by atoms with Crippen LogP contribution < -0.4 is 10.5 Å². The number of nitrogens with two attached hydrogens (primary N) is 1. The number of halogens is 1. The van der Waals surface area contributed by atoms with Gasteiger partial charge in [-0.2, -0.15) is 0 Å². The molecule has 0 aromatic heterocycles. The molecule has 2 aromatic carbocycles. The Balaban J connectivity index is 1.92. The monoisotopic (exact) mass is 347 g/mol. The van der Waals surface area contributed by atoms with Crippen molar-refractivity contribution in [1.82, 2.24) is 0 Å². The summed E-state index contributed by atoms with van der Waals surface area (Å²) < 4.78 is 6.49. The largest absolute Gasteiger partial charge is 0.493 e. The van der Waals surface area contributed by atoms with E-state index in [1.165, 1.54) is 0 Å². The van der Waals surface area contributed by atoms with Gasteiger partial charge in [0.25, 0.3) is 0 Å². The quantitative estimate of drug-likeness (QED) is 0.893. The maximum atomic E-state index is 10.7. The van der Waals surface area contributed by atoms with Gasteiger partial charge in [0.2, 0.25) is 0 Å². The molecule has 110 valence electrons. The summed E-state index contributed by atoms with van der Waals surface area (Å²) in [5, 5.41) is 10.7. The molecule has 0 aliphatic carbocycles. The molecule has 2 atom stereocenters. The van der Waals surface area contributed by atoms with Gasteiger partial charge in [-0.15, -0.1) is 0 Å². The molecule has 0 saturated carbocycles. The average Bonchev–Trinajstić information content (AvgIpc) is 2.97. The summed E-state index contributed by atoms with van der Waals surface area (Å²) in [6, 6.07) is 13.8. The summed E-state index contributed by atoms with van der Waals surface area (Å²) in [4.78, 5) is 0. The van der Waals surface area contributed by atoms with Crippen LogP contribution in [0.4, 0.5) is 0 Å². The maximum absolute atomic E-state index is 10.7. The Kier molecular flexibility index (Phi) is 4.29. The van der Waals surface area contributed by atoms with Gasteiger partial charge in [-0.3, -0.25) is 0 Å². The number of benzene rings is 2. The van der Waals surface area contributed by atoms with Crippen LogP contribution in [0.15, 0.2) is 46.9 Å².